The summed E-state index contributed by atoms with van der Waals surface area (Å²) in [6, 6.07) is 7.80. The highest BCUT2D eigenvalue weighted by molar-refractivity contribution is 5.35. The fourth-order valence-electron chi connectivity index (χ4n) is 1.78. The van der Waals surface area contributed by atoms with Gasteiger partial charge in [-0.1, -0.05) is 18.2 Å². The predicted molar refractivity (Wildman–Crippen MR) is 54.2 cm³/mol. The van der Waals surface area contributed by atoms with Gasteiger partial charge in [0, 0.05) is 12.0 Å². The number of fused-ring (bicyclic) bond motifs is 1. The summed E-state index contributed by atoms with van der Waals surface area (Å²) in [5, 5.41) is 8.95. The van der Waals surface area contributed by atoms with Crippen molar-refractivity contribution in [3.05, 3.63) is 29.8 Å². The van der Waals surface area contributed by atoms with Gasteiger partial charge in [0.05, 0.1) is 13.2 Å². The monoisotopic (exact) mass is 193 g/mol. The van der Waals surface area contributed by atoms with Crippen molar-refractivity contribution in [2.45, 2.75) is 12.5 Å². The van der Waals surface area contributed by atoms with E-state index in [1.165, 1.54) is 5.56 Å². The zero-order chi connectivity index (χ0) is 9.97. The normalized spacial score (nSPS) is 22.3. The van der Waals surface area contributed by atoms with Gasteiger partial charge in [-0.3, -0.25) is 0 Å². The van der Waals surface area contributed by atoms with Crippen molar-refractivity contribution in [2.24, 2.45) is 11.7 Å². The van der Waals surface area contributed by atoms with Crippen molar-refractivity contribution in [3.63, 3.8) is 0 Å². The Morgan fingerprint density at radius 1 is 1.50 bits per heavy atom. The van der Waals surface area contributed by atoms with Crippen LogP contribution in [0.5, 0.6) is 5.75 Å². The summed E-state index contributed by atoms with van der Waals surface area (Å²) in [5.41, 5.74) is 6.96. The highest BCUT2D eigenvalue weighted by atomic mass is 16.5. The van der Waals surface area contributed by atoms with Crippen molar-refractivity contribution in [2.75, 3.05) is 13.2 Å². The number of rotatable bonds is 2. The molecular weight excluding hydrogens is 178 g/mol. The number of hydrogen-bond acceptors (Lipinski definition) is 3. The SMILES string of the molecule is NC(CO)C1COc2ccccc2C1. The third-order valence-electron chi connectivity index (χ3n) is 2.72. The minimum absolute atomic E-state index is 0.0240. The molecule has 0 fully saturated rings. The Hall–Kier alpha value is -1.06. The smallest absolute Gasteiger partial charge is 0.122 e. The van der Waals surface area contributed by atoms with Crippen molar-refractivity contribution in [1.29, 1.82) is 0 Å². The average Bonchev–Trinajstić information content (AvgIpc) is 2.27. The average molecular weight is 193 g/mol. The first kappa shape index (κ1) is 9.49. The maximum absolute atomic E-state index is 8.95. The molecule has 2 atom stereocenters. The molecule has 1 aromatic rings. The molecule has 2 rings (SSSR count). The number of aliphatic hydroxyl groups excluding tert-OH is 1. The van der Waals surface area contributed by atoms with E-state index in [9.17, 15) is 0 Å². The zero-order valence-corrected chi connectivity index (χ0v) is 8.02. The summed E-state index contributed by atoms with van der Waals surface area (Å²) in [4.78, 5) is 0. The lowest BCUT2D eigenvalue weighted by Crippen LogP contribution is -2.40. The Bertz CT molecular complexity index is 314. The summed E-state index contributed by atoms with van der Waals surface area (Å²) in [6.07, 6.45) is 0.901. The fourth-order valence-corrected chi connectivity index (χ4v) is 1.78. The molecule has 1 aliphatic heterocycles. The Balaban J connectivity index is 2.13. The summed E-state index contributed by atoms with van der Waals surface area (Å²) in [7, 11) is 0. The Morgan fingerprint density at radius 3 is 3.07 bits per heavy atom. The topological polar surface area (TPSA) is 55.5 Å². The van der Waals surface area contributed by atoms with Gasteiger partial charge in [-0.15, -0.1) is 0 Å². The van der Waals surface area contributed by atoms with Crippen LogP contribution in [0.3, 0.4) is 0 Å². The Kier molecular flexibility index (Phi) is 2.70. The van der Waals surface area contributed by atoms with Gasteiger partial charge in [-0.05, 0) is 18.1 Å². The molecule has 2 unspecified atom stereocenters. The molecule has 0 aromatic heterocycles. The number of benzene rings is 1. The van der Waals surface area contributed by atoms with E-state index < -0.39 is 0 Å². The van der Waals surface area contributed by atoms with Crippen molar-refractivity contribution in [3.8, 4) is 5.75 Å². The quantitative estimate of drug-likeness (QED) is 0.721. The second-order valence-electron chi connectivity index (χ2n) is 3.73. The van der Waals surface area contributed by atoms with E-state index in [0.29, 0.717) is 6.61 Å². The first-order chi connectivity index (χ1) is 6.81. The minimum Gasteiger partial charge on any atom is -0.493 e. The maximum atomic E-state index is 8.95. The number of ether oxygens (including phenoxy) is 1. The second kappa shape index (κ2) is 3.98. The number of aliphatic hydroxyl groups is 1. The summed E-state index contributed by atoms with van der Waals surface area (Å²) < 4.78 is 5.57. The first-order valence-electron chi connectivity index (χ1n) is 4.88. The van der Waals surface area contributed by atoms with Crippen LogP contribution in [-0.2, 0) is 6.42 Å². The Morgan fingerprint density at radius 2 is 2.29 bits per heavy atom. The van der Waals surface area contributed by atoms with Gasteiger partial charge in [0.15, 0.2) is 0 Å². The van der Waals surface area contributed by atoms with Crippen LogP contribution < -0.4 is 10.5 Å². The molecule has 76 valence electrons. The maximum Gasteiger partial charge on any atom is 0.122 e. The molecule has 0 amide bonds. The minimum atomic E-state index is -0.177. The highest BCUT2D eigenvalue weighted by Crippen LogP contribution is 2.27. The van der Waals surface area contributed by atoms with Crippen LogP contribution >= 0.6 is 0 Å². The third-order valence-corrected chi connectivity index (χ3v) is 2.72. The van der Waals surface area contributed by atoms with Crippen LogP contribution in [0.1, 0.15) is 5.56 Å². The molecular formula is C11H15NO2. The van der Waals surface area contributed by atoms with Crippen molar-refractivity contribution >= 4 is 0 Å². The van der Waals surface area contributed by atoms with E-state index in [0.717, 1.165) is 12.2 Å². The molecule has 0 saturated carbocycles. The van der Waals surface area contributed by atoms with E-state index in [4.69, 9.17) is 15.6 Å². The van der Waals surface area contributed by atoms with Crippen LogP contribution in [-0.4, -0.2) is 24.4 Å². The van der Waals surface area contributed by atoms with Gasteiger partial charge in [0.25, 0.3) is 0 Å². The fraction of sp³-hybridized carbons (Fsp3) is 0.455. The lowest BCUT2D eigenvalue weighted by atomic mass is 9.91. The molecule has 0 spiro atoms. The Labute approximate surface area is 83.5 Å². The van der Waals surface area contributed by atoms with Crippen LogP contribution in [0.2, 0.25) is 0 Å². The molecule has 0 radical (unpaired) electrons. The van der Waals surface area contributed by atoms with E-state index in [2.05, 4.69) is 0 Å². The van der Waals surface area contributed by atoms with Gasteiger partial charge in [0.1, 0.15) is 5.75 Å². The molecule has 1 heterocycles. The van der Waals surface area contributed by atoms with E-state index >= 15 is 0 Å². The molecule has 1 aliphatic rings. The van der Waals surface area contributed by atoms with Gasteiger partial charge in [0.2, 0.25) is 0 Å². The van der Waals surface area contributed by atoms with Gasteiger partial charge in [-0.25, -0.2) is 0 Å². The second-order valence-corrected chi connectivity index (χ2v) is 3.73. The summed E-state index contributed by atoms with van der Waals surface area (Å²) >= 11 is 0. The van der Waals surface area contributed by atoms with Crippen LogP contribution in [0.25, 0.3) is 0 Å². The zero-order valence-electron chi connectivity index (χ0n) is 8.02. The lowest BCUT2D eigenvalue weighted by molar-refractivity contribution is 0.157. The van der Waals surface area contributed by atoms with Gasteiger partial charge in [-0.2, -0.15) is 0 Å². The highest BCUT2D eigenvalue weighted by Gasteiger charge is 2.24. The van der Waals surface area contributed by atoms with Crippen LogP contribution in [0, 0.1) is 5.92 Å². The summed E-state index contributed by atoms with van der Waals surface area (Å²) in [6.45, 7) is 0.634. The van der Waals surface area contributed by atoms with Crippen LogP contribution in [0.15, 0.2) is 24.3 Å². The molecule has 14 heavy (non-hydrogen) atoms. The number of nitrogens with two attached hydrogens (primary N) is 1. The molecule has 0 bridgehead atoms. The number of para-hydroxylation sites is 1. The number of hydrogen-bond donors (Lipinski definition) is 2. The molecule has 0 saturated heterocycles. The van der Waals surface area contributed by atoms with Gasteiger partial charge < -0.3 is 15.6 Å². The lowest BCUT2D eigenvalue weighted by Gasteiger charge is -2.28. The van der Waals surface area contributed by atoms with Crippen molar-refractivity contribution < 1.29 is 9.84 Å². The van der Waals surface area contributed by atoms with E-state index in [1.54, 1.807) is 0 Å². The van der Waals surface area contributed by atoms with Crippen LogP contribution in [0.4, 0.5) is 0 Å². The largest absolute Gasteiger partial charge is 0.493 e. The van der Waals surface area contributed by atoms with E-state index in [-0.39, 0.29) is 18.6 Å². The predicted octanol–water partition coefficient (Wildman–Crippen LogP) is 0.557. The molecule has 0 aliphatic carbocycles. The molecule has 1 aromatic carbocycles. The molecule has 3 heteroatoms. The standard InChI is InChI=1S/C11H15NO2/c12-10(6-13)9-5-8-3-1-2-4-11(8)14-7-9/h1-4,9-10,13H,5-7,12H2. The first-order valence-corrected chi connectivity index (χ1v) is 4.88. The molecule has 3 nitrogen and oxygen atoms in total. The van der Waals surface area contributed by atoms with Crippen molar-refractivity contribution in [1.82, 2.24) is 0 Å². The third kappa shape index (κ3) is 1.74. The summed E-state index contributed by atoms with van der Waals surface area (Å²) in [5.74, 6) is 1.18. The molecule has 3 N–H and O–H groups in total. The van der Waals surface area contributed by atoms with Gasteiger partial charge >= 0.3 is 0 Å². The van der Waals surface area contributed by atoms with E-state index in [1.807, 2.05) is 24.3 Å².